The van der Waals surface area contributed by atoms with Crippen LogP contribution in [0, 0.1) is 6.92 Å². The normalized spacial score (nSPS) is 15.5. The van der Waals surface area contributed by atoms with Crippen LogP contribution in [0.15, 0.2) is 22.7 Å². The predicted molar refractivity (Wildman–Crippen MR) is 72.7 cm³/mol. The van der Waals surface area contributed by atoms with Crippen LogP contribution in [-0.4, -0.2) is 10.4 Å². The monoisotopic (exact) mass is 291 g/mol. The van der Waals surface area contributed by atoms with Gasteiger partial charge in [-0.1, -0.05) is 22.0 Å². The third-order valence-electron chi connectivity index (χ3n) is 3.46. The summed E-state index contributed by atoms with van der Waals surface area (Å²) in [6.45, 7) is 3.71. The van der Waals surface area contributed by atoms with Gasteiger partial charge < -0.3 is 4.57 Å². The molecular formula is C14H14BrNO. The second-order valence-corrected chi connectivity index (χ2v) is 5.71. The molecule has 0 radical (unpaired) electrons. The van der Waals surface area contributed by atoms with Gasteiger partial charge in [-0.2, -0.15) is 0 Å². The van der Waals surface area contributed by atoms with E-state index in [4.69, 9.17) is 0 Å². The van der Waals surface area contributed by atoms with Crippen LogP contribution < -0.4 is 0 Å². The van der Waals surface area contributed by atoms with Crippen molar-refractivity contribution in [1.29, 1.82) is 0 Å². The first-order chi connectivity index (χ1) is 8.09. The molecule has 2 nitrogen and oxygen atoms in total. The summed E-state index contributed by atoms with van der Waals surface area (Å²) in [6.07, 6.45) is 2.38. The zero-order chi connectivity index (χ0) is 12.2. The van der Waals surface area contributed by atoms with E-state index in [2.05, 4.69) is 32.6 Å². The molecule has 3 heteroatoms. The highest BCUT2D eigenvalue weighted by atomic mass is 79.9. The molecule has 1 aliphatic rings. The van der Waals surface area contributed by atoms with E-state index in [-0.39, 0.29) is 5.78 Å². The first-order valence-electron chi connectivity index (χ1n) is 5.90. The number of ketones is 1. The lowest BCUT2D eigenvalue weighted by molar-refractivity contribution is 0.100. The number of hydrogen-bond acceptors (Lipinski definition) is 1. The maximum Gasteiger partial charge on any atom is 0.176 e. The second-order valence-electron chi connectivity index (χ2n) is 4.79. The number of carbonyl (C=O) groups is 1. The summed E-state index contributed by atoms with van der Waals surface area (Å²) < 4.78 is 3.30. The summed E-state index contributed by atoms with van der Waals surface area (Å²) in [6, 6.07) is 6.78. The van der Waals surface area contributed by atoms with Crippen LogP contribution in [0.3, 0.4) is 0 Å². The van der Waals surface area contributed by atoms with Gasteiger partial charge >= 0.3 is 0 Å². The van der Waals surface area contributed by atoms with E-state index in [1.807, 2.05) is 13.0 Å². The first kappa shape index (κ1) is 11.0. The first-order valence-corrected chi connectivity index (χ1v) is 6.70. The number of halogens is 1. The van der Waals surface area contributed by atoms with Crippen LogP contribution in [0.4, 0.5) is 0 Å². The van der Waals surface area contributed by atoms with Gasteiger partial charge in [-0.25, -0.2) is 0 Å². The average Bonchev–Trinajstić information content (AvgIpc) is 3.04. The molecule has 17 heavy (non-hydrogen) atoms. The second kappa shape index (κ2) is 3.70. The van der Waals surface area contributed by atoms with Crippen molar-refractivity contribution in [3.63, 3.8) is 0 Å². The molecule has 1 aromatic heterocycles. The molecule has 1 aliphatic carbocycles. The fraction of sp³-hybridized carbons (Fsp3) is 0.357. The zero-order valence-electron chi connectivity index (χ0n) is 9.96. The summed E-state index contributed by atoms with van der Waals surface area (Å²) in [5.41, 5.74) is 3.19. The van der Waals surface area contributed by atoms with Crippen LogP contribution in [0.1, 0.15) is 41.9 Å². The average molecular weight is 292 g/mol. The van der Waals surface area contributed by atoms with Gasteiger partial charge in [-0.3, -0.25) is 4.79 Å². The van der Waals surface area contributed by atoms with Crippen molar-refractivity contribution in [3.8, 4) is 0 Å². The summed E-state index contributed by atoms with van der Waals surface area (Å²) in [7, 11) is 0. The largest absolute Gasteiger partial charge is 0.335 e. The standard InChI is InChI=1S/C14H14BrNO/c1-8-12-6-3-10(15)7-13(12)16(11-4-5-11)14(8)9(2)17/h3,6-7,11H,4-5H2,1-2H3. The predicted octanol–water partition coefficient (Wildman–Crippen LogP) is 4.25. The molecule has 1 fully saturated rings. The van der Waals surface area contributed by atoms with Crippen molar-refractivity contribution in [1.82, 2.24) is 4.57 Å². The Labute approximate surface area is 109 Å². The van der Waals surface area contributed by atoms with Gasteiger partial charge in [0.2, 0.25) is 0 Å². The van der Waals surface area contributed by atoms with Crippen LogP contribution in [0.2, 0.25) is 0 Å². The Morgan fingerprint density at radius 1 is 1.41 bits per heavy atom. The van der Waals surface area contributed by atoms with Crippen molar-refractivity contribution in [2.45, 2.75) is 32.7 Å². The summed E-state index contributed by atoms with van der Waals surface area (Å²) >= 11 is 3.51. The lowest BCUT2D eigenvalue weighted by Crippen LogP contribution is -2.05. The molecule has 1 saturated carbocycles. The molecule has 88 valence electrons. The van der Waals surface area contributed by atoms with Crippen LogP contribution >= 0.6 is 15.9 Å². The number of fused-ring (bicyclic) bond motifs is 1. The molecule has 3 rings (SSSR count). The van der Waals surface area contributed by atoms with Gasteiger partial charge in [0, 0.05) is 22.8 Å². The Kier molecular flexibility index (Phi) is 2.40. The van der Waals surface area contributed by atoms with Crippen molar-refractivity contribution in [2.75, 3.05) is 0 Å². The third-order valence-corrected chi connectivity index (χ3v) is 3.96. The third kappa shape index (κ3) is 1.64. The van der Waals surface area contributed by atoms with E-state index >= 15 is 0 Å². The molecule has 0 atom stereocenters. The number of hydrogen-bond donors (Lipinski definition) is 0. The lowest BCUT2D eigenvalue weighted by atomic mass is 10.1. The number of aryl methyl sites for hydroxylation is 1. The molecule has 0 saturated heterocycles. The number of aromatic nitrogens is 1. The Morgan fingerprint density at radius 2 is 2.12 bits per heavy atom. The Morgan fingerprint density at radius 3 is 2.71 bits per heavy atom. The Bertz CT molecular complexity index is 623. The molecular weight excluding hydrogens is 278 g/mol. The highest BCUT2D eigenvalue weighted by Crippen LogP contribution is 2.41. The van der Waals surface area contributed by atoms with E-state index in [1.165, 1.54) is 23.7 Å². The molecule has 0 bridgehead atoms. The van der Waals surface area contributed by atoms with Gasteiger partial charge in [0.15, 0.2) is 5.78 Å². The Hall–Kier alpha value is -1.09. The van der Waals surface area contributed by atoms with Gasteiger partial charge in [0.1, 0.15) is 0 Å². The van der Waals surface area contributed by atoms with E-state index in [0.717, 1.165) is 15.7 Å². The van der Waals surface area contributed by atoms with E-state index in [0.29, 0.717) is 6.04 Å². The molecule has 0 spiro atoms. The number of benzene rings is 1. The van der Waals surface area contributed by atoms with Crippen molar-refractivity contribution < 1.29 is 4.79 Å². The van der Waals surface area contributed by atoms with Gasteiger partial charge in [0.25, 0.3) is 0 Å². The summed E-state index contributed by atoms with van der Waals surface area (Å²) in [4.78, 5) is 11.8. The zero-order valence-corrected chi connectivity index (χ0v) is 11.5. The topological polar surface area (TPSA) is 22.0 Å². The molecule has 0 N–H and O–H groups in total. The number of Topliss-reactive ketones (excluding diaryl/α,β-unsaturated/α-hetero) is 1. The number of nitrogens with zero attached hydrogens (tertiary/aromatic N) is 1. The molecule has 0 unspecified atom stereocenters. The molecule has 2 aromatic rings. The minimum Gasteiger partial charge on any atom is -0.335 e. The number of rotatable bonds is 2. The van der Waals surface area contributed by atoms with Crippen molar-refractivity contribution in [3.05, 3.63) is 33.9 Å². The van der Waals surface area contributed by atoms with E-state index in [1.54, 1.807) is 6.92 Å². The smallest absolute Gasteiger partial charge is 0.176 e. The van der Waals surface area contributed by atoms with Gasteiger partial charge in [0.05, 0.1) is 11.2 Å². The summed E-state index contributed by atoms with van der Waals surface area (Å²) in [5.74, 6) is 0.168. The maximum absolute atomic E-state index is 11.8. The van der Waals surface area contributed by atoms with Crippen LogP contribution in [0.25, 0.3) is 10.9 Å². The number of carbonyl (C=O) groups excluding carboxylic acids is 1. The minimum atomic E-state index is 0.168. The highest BCUT2D eigenvalue weighted by Gasteiger charge is 2.30. The molecule has 0 aliphatic heterocycles. The lowest BCUT2D eigenvalue weighted by Gasteiger charge is -2.07. The van der Waals surface area contributed by atoms with Crippen LogP contribution in [-0.2, 0) is 0 Å². The van der Waals surface area contributed by atoms with Crippen molar-refractivity contribution >= 4 is 32.6 Å². The summed E-state index contributed by atoms with van der Waals surface area (Å²) in [5, 5.41) is 1.20. The molecule has 1 heterocycles. The molecule has 0 amide bonds. The maximum atomic E-state index is 11.8. The van der Waals surface area contributed by atoms with Gasteiger partial charge in [-0.15, -0.1) is 0 Å². The van der Waals surface area contributed by atoms with Crippen molar-refractivity contribution in [2.24, 2.45) is 0 Å². The minimum absolute atomic E-state index is 0.168. The fourth-order valence-electron chi connectivity index (χ4n) is 2.60. The quantitative estimate of drug-likeness (QED) is 0.758. The molecule has 1 aromatic carbocycles. The Balaban J connectivity index is 2.41. The van der Waals surface area contributed by atoms with Gasteiger partial charge in [-0.05, 0) is 37.5 Å². The van der Waals surface area contributed by atoms with E-state index in [9.17, 15) is 4.79 Å². The highest BCUT2D eigenvalue weighted by molar-refractivity contribution is 9.10. The SMILES string of the molecule is CC(=O)c1c(C)c2ccc(Br)cc2n1C1CC1. The fourth-order valence-corrected chi connectivity index (χ4v) is 2.94. The van der Waals surface area contributed by atoms with Crippen LogP contribution in [0.5, 0.6) is 0 Å². The van der Waals surface area contributed by atoms with E-state index < -0.39 is 0 Å².